The smallest absolute Gasteiger partial charge is 0.127 e. The normalized spacial score (nSPS) is 18.1. The van der Waals surface area contributed by atoms with Crippen LogP contribution in [0.15, 0.2) is 24.3 Å². The minimum absolute atomic E-state index is 0. The Morgan fingerprint density at radius 3 is 2.38 bits per heavy atom. The van der Waals surface area contributed by atoms with Gasteiger partial charge in [-0.25, -0.2) is 4.39 Å². The Bertz CT molecular complexity index is 325. The highest BCUT2D eigenvalue weighted by Gasteiger charge is 2.14. The van der Waals surface area contributed by atoms with Crippen molar-refractivity contribution in [2.24, 2.45) is 0 Å². The molecular formula is C12H18ClFN2. The standard InChI is InChI=1S/C12H17FN2.ClH/c1-14-6-8-15(9-7-14)10-11-4-2-3-5-12(11)13;/h2-5H,6-10H2,1H3;1H. The predicted molar refractivity (Wildman–Crippen MR) is 66.4 cm³/mol. The van der Waals surface area contributed by atoms with Crippen LogP contribution in [0, 0.1) is 5.82 Å². The molecule has 1 saturated heterocycles. The van der Waals surface area contributed by atoms with Crippen LogP contribution < -0.4 is 0 Å². The molecule has 2 nitrogen and oxygen atoms in total. The number of piperazine rings is 1. The molecular weight excluding hydrogens is 227 g/mol. The van der Waals surface area contributed by atoms with E-state index < -0.39 is 0 Å². The minimum atomic E-state index is -0.0866. The van der Waals surface area contributed by atoms with Gasteiger partial charge in [-0.15, -0.1) is 12.4 Å². The minimum Gasteiger partial charge on any atom is -0.304 e. The van der Waals surface area contributed by atoms with Gasteiger partial charge in [0.05, 0.1) is 0 Å². The summed E-state index contributed by atoms with van der Waals surface area (Å²) in [4.78, 5) is 4.61. The molecule has 0 bridgehead atoms. The highest BCUT2D eigenvalue weighted by molar-refractivity contribution is 5.85. The molecule has 1 aromatic rings. The Morgan fingerprint density at radius 2 is 1.75 bits per heavy atom. The average Bonchev–Trinajstić information content (AvgIpc) is 2.25. The maximum absolute atomic E-state index is 13.4. The molecule has 0 unspecified atom stereocenters. The molecule has 16 heavy (non-hydrogen) atoms. The first-order valence-electron chi connectivity index (χ1n) is 5.40. The Balaban J connectivity index is 0.00000128. The topological polar surface area (TPSA) is 6.48 Å². The first kappa shape index (κ1) is 13.4. The van der Waals surface area contributed by atoms with E-state index in [1.165, 1.54) is 6.07 Å². The average molecular weight is 245 g/mol. The van der Waals surface area contributed by atoms with E-state index in [0.717, 1.165) is 38.3 Å². The van der Waals surface area contributed by atoms with Crippen molar-refractivity contribution < 1.29 is 4.39 Å². The fourth-order valence-corrected chi connectivity index (χ4v) is 1.87. The molecule has 1 aromatic carbocycles. The number of nitrogens with zero attached hydrogens (tertiary/aromatic N) is 2. The molecule has 0 aromatic heterocycles. The van der Waals surface area contributed by atoms with Gasteiger partial charge in [0.15, 0.2) is 0 Å². The van der Waals surface area contributed by atoms with Crippen molar-refractivity contribution in [1.29, 1.82) is 0 Å². The van der Waals surface area contributed by atoms with Crippen molar-refractivity contribution in [3.8, 4) is 0 Å². The lowest BCUT2D eigenvalue weighted by Gasteiger charge is -2.32. The maximum atomic E-state index is 13.4. The molecule has 1 fully saturated rings. The number of likely N-dealkylation sites (N-methyl/N-ethyl adjacent to an activating group) is 1. The van der Waals surface area contributed by atoms with E-state index in [1.54, 1.807) is 6.07 Å². The van der Waals surface area contributed by atoms with Gasteiger partial charge >= 0.3 is 0 Å². The Morgan fingerprint density at radius 1 is 1.12 bits per heavy atom. The van der Waals surface area contributed by atoms with Gasteiger partial charge in [0.2, 0.25) is 0 Å². The molecule has 1 aliphatic rings. The lowest BCUT2D eigenvalue weighted by atomic mass is 10.2. The van der Waals surface area contributed by atoms with E-state index in [-0.39, 0.29) is 18.2 Å². The number of hydrogen-bond acceptors (Lipinski definition) is 2. The molecule has 0 radical (unpaired) electrons. The predicted octanol–water partition coefficient (Wildman–Crippen LogP) is 1.99. The van der Waals surface area contributed by atoms with Gasteiger partial charge in [-0.1, -0.05) is 18.2 Å². The summed E-state index contributed by atoms with van der Waals surface area (Å²) >= 11 is 0. The quantitative estimate of drug-likeness (QED) is 0.785. The molecule has 2 rings (SSSR count). The summed E-state index contributed by atoms with van der Waals surface area (Å²) in [7, 11) is 2.13. The number of hydrogen-bond donors (Lipinski definition) is 0. The third kappa shape index (κ3) is 3.44. The van der Waals surface area contributed by atoms with Gasteiger partial charge in [0.1, 0.15) is 5.82 Å². The van der Waals surface area contributed by atoms with Crippen molar-refractivity contribution in [2.75, 3.05) is 33.2 Å². The van der Waals surface area contributed by atoms with E-state index in [0.29, 0.717) is 0 Å². The molecule has 0 amide bonds. The Labute approximate surface area is 102 Å². The zero-order chi connectivity index (χ0) is 10.7. The van der Waals surface area contributed by atoms with E-state index in [9.17, 15) is 4.39 Å². The summed E-state index contributed by atoms with van der Waals surface area (Å²) < 4.78 is 13.4. The van der Waals surface area contributed by atoms with Crippen LogP contribution in [0.5, 0.6) is 0 Å². The summed E-state index contributed by atoms with van der Waals surface area (Å²) in [5.74, 6) is -0.0866. The first-order valence-corrected chi connectivity index (χ1v) is 5.40. The summed E-state index contributed by atoms with van der Waals surface area (Å²) in [6.45, 7) is 4.96. The molecule has 0 aliphatic carbocycles. The van der Waals surface area contributed by atoms with Crippen LogP contribution in [0.4, 0.5) is 4.39 Å². The number of benzene rings is 1. The molecule has 4 heteroatoms. The molecule has 1 aliphatic heterocycles. The molecule has 0 spiro atoms. The Hall–Kier alpha value is -0.640. The van der Waals surface area contributed by atoms with Crippen LogP contribution in [-0.2, 0) is 6.54 Å². The molecule has 0 N–H and O–H groups in total. The van der Waals surface area contributed by atoms with Gasteiger partial charge in [-0.2, -0.15) is 0 Å². The lowest BCUT2D eigenvalue weighted by Crippen LogP contribution is -2.43. The van der Waals surface area contributed by atoms with E-state index in [4.69, 9.17) is 0 Å². The van der Waals surface area contributed by atoms with E-state index >= 15 is 0 Å². The van der Waals surface area contributed by atoms with Crippen molar-refractivity contribution in [2.45, 2.75) is 6.54 Å². The highest BCUT2D eigenvalue weighted by Crippen LogP contribution is 2.11. The van der Waals surface area contributed by atoms with Crippen LogP contribution in [0.1, 0.15) is 5.56 Å². The molecule has 0 atom stereocenters. The van der Waals surface area contributed by atoms with Gasteiger partial charge in [0.25, 0.3) is 0 Å². The SMILES string of the molecule is CN1CCN(Cc2ccccc2F)CC1.Cl. The van der Waals surface area contributed by atoms with Crippen molar-refractivity contribution in [3.63, 3.8) is 0 Å². The van der Waals surface area contributed by atoms with E-state index in [2.05, 4.69) is 16.8 Å². The molecule has 0 saturated carbocycles. The second-order valence-electron chi connectivity index (χ2n) is 4.17. The highest BCUT2D eigenvalue weighted by atomic mass is 35.5. The zero-order valence-corrected chi connectivity index (χ0v) is 10.3. The largest absolute Gasteiger partial charge is 0.304 e. The maximum Gasteiger partial charge on any atom is 0.127 e. The van der Waals surface area contributed by atoms with Crippen LogP contribution >= 0.6 is 12.4 Å². The fraction of sp³-hybridized carbons (Fsp3) is 0.500. The summed E-state index contributed by atoms with van der Waals surface area (Å²) in [6, 6.07) is 7.04. The fourth-order valence-electron chi connectivity index (χ4n) is 1.87. The second kappa shape index (κ2) is 6.18. The monoisotopic (exact) mass is 244 g/mol. The molecule has 1 heterocycles. The van der Waals surface area contributed by atoms with Crippen molar-refractivity contribution in [3.05, 3.63) is 35.6 Å². The van der Waals surface area contributed by atoms with Crippen LogP contribution in [0.25, 0.3) is 0 Å². The third-order valence-corrected chi connectivity index (χ3v) is 2.95. The van der Waals surface area contributed by atoms with Gasteiger partial charge in [-0.3, -0.25) is 4.90 Å². The van der Waals surface area contributed by atoms with Crippen molar-refractivity contribution in [1.82, 2.24) is 9.80 Å². The zero-order valence-electron chi connectivity index (χ0n) is 9.53. The third-order valence-electron chi connectivity index (χ3n) is 2.95. The number of rotatable bonds is 2. The summed E-state index contributed by atoms with van der Waals surface area (Å²) in [5.41, 5.74) is 0.807. The summed E-state index contributed by atoms with van der Waals surface area (Å²) in [5, 5.41) is 0. The first-order chi connectivity index (χ1) is 7.25. The molecule has 90 valence electrons. The van der Waals surface area contributed by atoms with Crippen LogP contribution in [-0.4, -0.2) is 43.0 Å². The lowest BCUT2D eigenvalue weighted by molar-refractivity contribution is 0.147. The van der Waals surface area contributed by atoms with Crippen LogP contribution in [0.2, 0.25) is 0 Å². The van der Waals surface area contributed by atoms with Gasteiger partial charge < -0.3 is 4.90 Å². The van der Waals surface area contributed by atoms with E-state index in [1.807, 2.05) is 12.1 Å². The number of halogens is 2. The summed E-state index contributed by atoms with van der Waals surface area (Å²) in [6.07, 6.45) is 0. The van der Waals surface area contributed by atoms with Crippen molar-refractivity contribution >= 4 is 12.4 Å². The second-order valence-corrected chi connectivity index (χ2v) is 4.17. The van der Waals surface area contributed by atoms with Gasteiger partial charge in [-0.05, 0) is 13.1 Å². The Kier molecular flexibility index (Phi) is 5.19. The van der Waals surface area contributed by atoms with Gasteiger partial charge in [0, 0.05) is 38.3 Å². The van der Waals surface area contributed by atoms with Crippen LogP contribution in [0.3, 0.4) is 0 Å².